The van der Waals surface area contributed by atoms with E-state index in [1.54, 1.807) is 0 Å². The number of nitrogens with one attached hydrogen (secondary N) is 1. The summed E-state index contributed by atoms with van der Waals surface area (Å²) in [5.41, 5.74) is 1.73. The van der Waals surface area contributed by atoms with Crippen LogP contribution in [-0.4, -0.2) is 40.2 Å². The number of aromatic nitrogens is 1. The molecule has 1 aliphatic heterocycles. The molecule has 0 spiro atoms. The second kappa shape index (κ2) is 7.30. The second-order valence-corrected chi connectivity index (χ2v) is 7.37. The zero-order valence-corrected chi connectivity index (χ0v) is 14.9. The summed E-state index contributed by atoms with van der Waals surface area (Å²) in [6.45, 7) is 11.3. The summed E-state index contributed by atoms with van der Waals surface area (Å²) in [4.78, 5) is 18.6. The molecule has 0 bridgehead atoms. The molecule has 1 amide bonds. The van der Waals surface area contributed by atoms with Gasteiger partial charge in [0.1, 0.15) is 5.60 Å². The first-order chi connectivity index (χ1) is 10.8. The normalized spacial score (nSPS) is 22.0. The third-order valence-electron chi connectivity index (χ3n) is 4.13. The van der Waals surface area contributed by atoms with E-state index in [1.807, 2.05) is 44.9 Å². The van der Waals surface area contributed by atoms with Crippen molar-refractivity contribution in [3.8, 4) is 0 Å². The minimum Gasteiger partial charge on any atom is -0.444 e. The van der Waals surface area contributed by atoms with E-state index in [0.29, 0.717) is 0 Å². The zero-order chi connectivity index (χ0) is 17.0. The molecule has 2 rings (SSSR count). The summed E-state index contributed by atoms with van der Waals surface area (Å²) in [6, 6.07) is 4.49. The lowest BCUT2D eigenvalue weighted by molar-refractivity contribution is 0.00697. The molecule has 23 heavy (non-hydrogen) atoms. The highest BCUT2D eigenvalue weighted by Gasteiger charge is 2.33. The van der Waals surface area contributed by atoms with Crippen LogP contribution in [0.2, 0.25) is 0 Å². The number of ether oxygens (including phenoxy) is 1. The smallest absolute Gasteiger partial charge is 0.410 e. The van der Waals surface area contributed by atoms with Crippen molar-refractivity contribution in [3.05, 3.63) is 29.6 Å². The molecule has 0 radical (unpaired) electrons. The van der Waals surface area contributed by atoms with E-state index < -0.39 is 5.60 Å². The van der Waals surface area contributed by atoms with Crippen molar-refractivity contribution in [2.75, 3.05) is 6.54 Å². The van der Waals surface area contributed by atoms with Crippen LogP contribution in [0.5, 0.6) is 0 Å². The monoisotopic (exact) mass is 319 g/mol. The van der Waals surface area contributed by atoms with Crippen molar-refractivity contribution < 1.29 is 9.53 Å². The summed E-state index contributed by atoms with van der Waals surface area (Å²) in [5, 5.41) is 3.54. The van der Waals surface area contributed by atoms with Crippen molar-refractivity contribution in [1.82, 2.24) is 15.2 Å². The van der Waals surface area contributed by atoms with E-state index in [2.05, 4.69) is 23.3 Å². The van der Waals surface area contributed by atoms with Crippen LogP contribution in [0, 0.1) is 6.92 Å². The Hall–Kier alpha value is -1.62. The molecule has 1 fully saturated rings. The quantitative estimate of drug-likeness (QED) is 0.929. The van der Waals surface area contributed by atoms with Gasteiger partial charge in [0, 0.05) is 31.4 Å². The lowest BCUT2D eigenvalue weighted by atomic mass is 9.97. The van der Waals surface area contributed by atoms with E-state index in [1.165, 1.54) is 0 Å². The summed E-state index contributed by atoms with van der Waals surface area (Å²) in [7, 11) is 0. The van der Waals surface area contributed by atoms with Crippen molar-refractivity contribution in [2.24, 2.45) is 0 Å². The molecule has 1 aromatic rings. The topological polar surface area (TPSA) is 54.5 Å². The van der Waals surface area contributed by atoms with Crippen molar-refractivity contribution in [1.29, 1.82) is 0 Å². The number of hydrogen-bond donors (Lipinski definition) is 1. The Morgan fingerprint density at radius 1 is 1.43 bits per heavy atom. The summed E-state index contributed by atoms with van der Waals surface area (Å²) in [6.07, 6.45) is 3.72. The van der Waals surface area contributed by atoms with Gasteiger partial charge in [0.2, 0.25) is 0 Å². The molecule has 2 atom stereocenters. The summed E-state index contributed by atoms with van der Waals surface area (Å²) < 4.78 is 5.52. The lowest BCUT2D eigenvalue weighted by Gasteiger charge is -2.40. The standard InChI is InChI=1S/C18H29N3O2/c1-13-8-9-15(19-11-13)12-20-16-7-6-10-21(14(16)2)17(22)23-18(3,4)5/h8-9,11,14,16,20H,6-7,10,12H2,1-5H3. The highest BCUT2D eigenvalue weighted by Crippen LogP contribution is 2.21. The minimum absolute atomic E-state index is 0.115. The van der Waals surface area contributed by atoms with Gasteiger partial charge in [-0.15, -0.1) is 0 Å². The fourth-order valence-corrected chi connectivity index (χ4v) is 2.83. The van der Waals surface area contributed by atoms with Gasteiger partial charge in [-0.2, -0.15) is 0 Å². The van der Waals surface area contributed by atoms with Crippen LogP contribution >= 0.6 is 0 Å². The SMILES string of the molecule is Cc1ccc(CNC2CCCN(C(=O)OC(C)(C)C)C2C)nc1. The molecule has 0 aliphatic carbocycles. The minimum atomic E-state index is -0.455. The first kappa shape index (κ1) is 17.7. The molecular weight excluding hydrogens is 290 g/mol. The number of amides is 1. The van der Waals surface area contributed by atoms with Crippen LogP contribution in [-0.2, 0) is 11.3 Å². The number of pyridine rings is 1. The molecule has 1 aliphatic rings. The maximum atomic E-state index is 12.3. The summed E-state index contributed by atoms with van der Waals surface area (Å²) >= 11 is 0. The fourth-order valence-electron chi connectivity index (χ4n) is 2.83. The van der Waals surface area contributed by atoms with Crippen LogP contribution < -0.4 is 5.32 Å². The van der Waals surface area contributed by atoms with E-state index in [9.17, 15) is 4.79 Å². The Morgan fingerprint density at radius 3 is 2.78 bits per heavy atom. The number of nitrogens with zero attached hydrogens (tertiary/aromatic N) is 2. The van der Waals surface area contributed by atoms with Gasteiger partial charge in [-0.05, 0) is 59.1 Å². The molecule has 128 valence electrons. The Bertz CT molecular complexity index is 522. The number of hydrogen-bond acceptors (Lipinski definition) is 4. The van der Waals surface area contributed by atoms with E-state index in [0.717, 1.165) is 37.2 Å². The van der Waals surface area contributed by atoms with Gasteiger partial charge in [-0.1, -0.05) is 6.07 Å². The van der Waals surface area contributed by atoms with Crippen LogP contribution in [0.1, 0.15) is 51.8 Å². The van der Waals surface area contributed by atoms with E-state index >= 15 is 0 Å². The van der Waals surface area contributed by atoms with Gasteiger partial charge < -0.3 is 15.0 Å². The van der Waals surface area contributed by atoms with Crippen molar-refractivity contribution >= 4 is 6.09 Å². The third-order valence-corrected chi connectivity index (χ3v) is 4.13. The number of carbonyl (C=O) groups is 1. The Morgan fingerprint density at radius 2 is 2.17 bits per heavy atom. The van der Waals surface area contributed by atoms with E-state index in [-0.39, 0.29) is 18.2 Å². The van der Waals surface area contributed by atoms with Gasteiger partial charge in [0.05, 0.1) is 5.69 Å². The lowest BCUT2D eigenvalue weighted by Crippen LogP contribution is -2.55. The molecule has 5 heteroatoms. The number of carbonyl (C=O) groups excluding carboxylic acids is 1. The maximum Gasteiger partial charge on any atom is 0.410 e. The molecule has 2 heterocycles. The predicted octanol–water partition coefficient (Wildman–Crippen LogP) is 3.27. The van der Waals surface area contributed by atoms with Crippen LogP contribution in [0.3, 0.4) is 0 Å². The zero-order valence-electron chi connectivity index (χ0n) is 14.9. The van der Waals surface area contributed by atoms with Gasteiger partial charge in [0.15, 0.2) is 0 Å². The molecule has 0 aromatic carbocycles. The molecule has 2 unspecified atom stereocenters. The molecular formula is C18H29N3O2. The molecule has 1 N–H and O–H groups in total. The first-order valence-electron chi connectivity index (χ1n) is 8.41. The van der Waals surface area contributed by atoms with Crippen LogP contribution in [0.15, 0.2) is 18.3 Å². The Labute approximate surface area is 139 Å². The highest BCUT2D eigenvalue weighted by atomic mass is 16.6. The van der Waals surface area contributed by atoms with Gasteiger partial charge in [-0.25, -0.2) is 4.79 Å². The number of aryl methyl sites for hydroxylation is 1. The van der Waals surface area contributed by atoms with Gasteiger partial charge in [0.25, 0.3) is 0 Å². The summed E-state index contributed by atoms with van der Waals surface area (Å²) in [5.74, 6) is 0. The third kappa shape index (κ3) is 5.20. The van der Waals surface area contributed by atoms with Crippen molar-refractivity contribution in [2.45, 2.75) is 71.7 Å². The second-order valence-electron chi connectivity index (χ2n) is 7.37. The number of likely N-dealkylation sites (tertiary alicyclic amines) is 1. The molecule has 1 saturated heterocycles. The number of rotatable bonds is 3. The Kier molecular flexibility index (Phi) is 5.63. The fraction of sp³-hybridized carbons (Fsp3) is 0.667. The van der Waals surface area contributed by atoms with Gasteiger partial charge in [-0.3, -0.25) is 4.98 Å². The largest absolute Gasteiger partial charge is 0.444 e. The predicted molar refractivity (Wildman–Crippen MR) is 91.2 cm³/mol. The molecule has 5 nitrogen and oxygen atoms in total. The average Bonchev–Trinajstić information content (AvgIpc) is 2.46. The van der Waals surface area contributed by atoms with E-state index in [4.69, 9.17) is 4.74 Å². The van der Waals surface area contributed by atoms with Crippen LogP contribution in [0.4, 0.5) is 4.79 Å². The maximum absolute atomic E-state index is 12.3. The highest BCUT2D eigenvalue weighted by molar-refractivity contribution is 5.68. The van der Waals surface area contributed by atoms with Gasteiger partial charge >= 0.3 is 6.09 Å². The van der Waals surface area contributed by atoms with Crippen molar-refractivity contribution in [3.63, 3.8) is 0 Å². The number of piperidine rings is 1. The molecule has 1 aromatic heterocycles. The average molecular weight is 319 g/mol. The van der Waals surface area contributed by atoms with Crippen LogP contribution in [0.25, 0.3) is 0 Å². The first-order valence-corrected chi connectivity index (χ1v) is 8.41. The Balaban J connectivity index is 1.92. The molecule has 0 saturated carbocycles.